The van der Waals surface area contributed by atoms with E-state index in [2.05, 4.69) is 31.5 Å². The van der Waals surface area contributed by atoms with E-state index >= 15 is 0 Å². The van der Waals surface area contributed by atoms with Crippen LogP contribution in [-0.4, -0.2) is 40.6 Å². The zero-order chi connectivity index (χ0) is 24.2. The van der Waals surface area contributed by atoms with Crippen molar-refractivity contribution in [2.75, 3.05) is 23.7 Å². The van der Waals surface area contributed by atoms with Crippen LogP contribution >= 0.6 is 15.9 Å². The molecule has 1 fully saturated rings. The van der Waals surface area contributed by atoms with Crippen LogP contribution in [0.4, 0.5) is 20.3 Å². The van der Waals surface area contributed by atoms with E-state index in [-0.39, 0.29) is 22.6 Å². The smallest absolute Gasteiger partial charge is 0.259 e. The molecule has 174 valence electrons. The van der Waals surface area contributed by atoms with Crippen LogP contribution in [0.15, 0.2) is 59.2 Å². The van der Waals surface area contributed by atoms with Gasteiger partial charge in [-0.3, -0.25) is 15.0 Å². The molecule has 2 heterocycles. The monoisotopic (exact) mass is 527 g/mol. The number of hydrogen-bond donors (Lipinski definition) is 3. The SMILES string of the molecule is N=C(c1ccc(C(=O)Nc2cc(F)c(F)cc2C(=O)Nc2ccc(Br)cn2)cc1)N1CCCC1. The van der Waals surface area contributed by atoms with Crippen molar-refractivity contribution in [2.24, 2.45) is 0 Å². The molecule has 7 nitrogen and oxygen atoms in total. The molecule has 0 atom stereocenters. The van der Waals surface area contributed by atoms with Crippen molar-refractivity contribution in [3.05, 3.63) is 87.5 Å². The summed E-state index contributed by atoms with van der Waals surface area (Å²) in [6, 6.07) is 11.1. The first-order valence-electron chi connectivity index (χ1n) is 10.5. The minimum absolute atomic E-state index is 0.188. The Kier molecular flexibility index (Phi) is 6.97. The maximum absolute atomic E-state index is 13.9. The first-order chi connectivity index (χ1) is 16.3. The van der Waals surface area contributed by atoms with Gasteiger partial charge in [-0.05, 0) is 59.1 Å². The summed E-state index contributed by atoms with van der Waals surface area (Å²) >= 11 is 3.24. The van der Waals surface area contributed by atoms with Gasteiger partial charge in [0.1, 0.15) is 11.7 Å². The van der Waals surface area contributed by atoms with Gasteiger partial charge in [0.2, 0.25) is 0 Å². The molecular weight excluding hydrogens is 508 g/mol. The summed E-state index contributed by atoms with van der Waals surface area (Å²) in [5.41, 5.74) is 0.466. The summed E-state index contributed by atoms with van der Waals surface area (Å²) in [5.74, 6) is -3.21. The molecule has 1 aromatic heterocycles. The topological polar surface area (TPSA) is 98.2 Å². The summed E-state index contributed by atoms with van der Waals surface area (Å²) in [4.78, 5) is 31.5. The molecule has 0 radical (unpaired) electrons. The van der Waals surface area contributed by atoms with Gasteiger partial charge in [0.15, 0.2) is 11.6 Å². The van der Waals surface area contributed by atoms with Crippen LogP contribution < -0.4 is 10.6 Å². The van der Waals surface area contributed by atoms with E-state index in [1.54, 1.807) is 30.3 Å². The minimum Gasteiger partial charge on any atom is -0.357 e. The van der Waals surface area contributed by atoms with Gasteiger partial charge in [0.05, 0.1) is 11.3 Å². The largest absolute Gasteiger partial charge is 0.357 e. The molecule has 0 bridgehead atoms. The van der Waals surface area contributed by atoms with Gasteiger partial charge in [-0.1, -0.05) is 12.1 Å². The Morgan fingerprint density at radius 3 is 2.21 bits per heavy atom. The van der Waals surface area contributed by atoms with Crippen molar-refractivity contribution in [3.63, 3.8) is 0 Å². The third kappa shape index (κ3) is 5.28. The van der Waals surface area contributed by atoms with E-state index in [4.69, 9.17) is 5.41 Å². The van der Waals surface area contributed by atoms with Gasteiger partial charge in [0.25, 0.3) is 11.8 Å². The summed E-state index contributed by atoms with van der Waals surface area (Å²) in [6.07, 6.45) is 3.56. The Labute approximate surface area is 202 Å². The summed E-state index contributed by atoms with van der Waals surface area (Å²) in [7, 11) is 0. The van der Waals surface area contributed by atoms with E-state index in [0.29, 0.717) is 15.9 Å². The number of pyridine rings is 1. The van der Waals surface area contributed by atoms with Crippen molar-refractivity contribution in [3.8, 4) is 0 Å². The first kappa shape index (κ1) is 23.5. The van der Waals surface area contributed by atoms with Crippen molar-refractivity contribution in [1.29, 1.82) is 5.41 Å². The maximum atomic E-state index is 13.9. The molecular formula is C24H20BrF2N5O2. The molecule has 3 aromatic rings. The number of carbonyl (C=O) groups excluding carboxylic acids is 2. The lowest BCUT2D eigenvalue weighted by atomic mass is 10.1. The van der Waals surface area contributed by atoms with Gasteiger partial charge in [-0.25, -0.2) is 13.8 Å². The fourth-order valence-corrected chi connectivity index (χ4v) is 3.80. The van der Waals surface area contributed by atoms with Crippen molar-refractivity contribution in [2.45, 2.75) is 12.8 Å². The number of aromatic nitrogens is 1. The average molecular weight is 528 g/mol. The molecule has 1 saturated heterocycles. The number of anilines is 2. The summed E-state index contributed by atoms with van der Waals surface area (Å²) in [5, 5.41) is 13.3. The predicted octanol–water partition coefficient (Wildman–Crippen LogP) is 5.05. The van der Waals surface area contributed by atoms with E-state index in [1.165, 1.54) is 12.3 Å². The fraction of sp³-hybridized carbons (Fsp3) is 0.167. The highest BCUT2D eigenvalue weighted by molar-refractivity contribution is 9.10. The normalized spacial score (nSPS) is 13.0. The lowest BCUT2D eigenvalue weighted by Crippen LogP contribution is -2.27. The van der Waals surface area contributed by atoms with Gasteiger partial charge >= 0.3 is 0 Å². The lowest BCUT2D eigenvalue weighted by Gasteiger charge is -2.18. The van der Waals surface area contributed by atoms with Gasteiger partial charge in [-0.2, -0.15) is 0 Å². The Morgan fingerprint density at radius 2 is 1.56 bits per heavy atom. The van der Waals surface area contributed by atoms with Gasteiger partial charge in [-0.15, -0.1) is 0 Å². The first-order valence-corrected chi connectivity index (χ1v) is 11.3. The number of amides is 2. The highest BCUT2D eigenvalue weighted by Crippen LogP contribution is 2.23. The van der Waals surface area contributed by atoms with Gasteiger partial charge in [0, 0.05) is 41.0 Å². The zero-order valence-corrected chi connectivity index (χ0v) is 19.5. The van der Waals surface area contributed by atoms with Crippen molar-refractivity contribution in [1.82, 2.24) is 9.88 Å². The molecule has 2 aromatic carbocycles. The molecule has 1 aliphatic heterocycles. The molecule has 0 aliphatic carbocycles. The molecule has 0 spiro atoms. The highest BCUT2D eigenvalue weighted by Gasteiger charge is 2.20. The lowest BCUT2D eigenvalue weighted by molar-refractivity contribution is 0.102. The number of halogens is 3. The number of likely N-dealkylation sites (tertiary alicyclic amines) is 1. The number of carbonyl (C=O) groups is 2. The second kappa shape index (κ2) is 10.1. The number of nitrogens with one attached hydrogen (secondary N) is 3. The number of rotatable bonds is 5. The van der Waals surface area contributed by atoms with E-state index < -0.39 is 23.4 Å². The second-order valence-electron chi connectivity index (χ2n) is 7.70. The third-order valence-corrected chi connectivity index (χ3v) is 5.83. The Morgan fingerprint density at radius 1 is 0.912 bits per heavy atom. The highest BCUT2D eigenvalue weighted by atomic mass is 79.9. The molecule has 4 rings (SSSR count). The van der Waals surface area contributed by atoms with Crippen LogP contribution in [0.3, 0.4) is 0 Å². The molecule has 3 N–H and O–H groups in total. The van der Waals surface area contributed by atoms with Crippen LogP contribution in [0.2, 0.25) is 0 Å². The van der Waals surface area contributed by atoms with Crippen molar-refractivity contribution >= 4 is 45.1 Å². The van der Waals surface area contributed by atoms with Crippen molar-refractivity contribution < 1.29 is 18.4 Å². The molecule has 0 unspecified atom stereocenters. The third-order valence-electron chi connectivity index (χ3n) is 5.37. The standard InChI is InChI=1S/C24H20BrF2N5O2/c25-16-7-8-21(29-13-16)31-24(34)17-11-18(26)19(27)12-20(17)30-23(33)15-5-3-14(4-6-15)22(28)32-9-1-2-10-32/h3-8,11-13,28H,1-2,9-10H2,(H,30,33)(H,29,31,34). The van der Waals surface area contributed by atoms with Crippen LogP contribution in [0.5, 0.6) is 0 Å². The zero-order valence-electron chi connectivity index (χ0n) is 17.9. The summed E-state index contributed by atoms with van der Waals surface area (Å²) < 4.78 is 28.5. The molecule has 34 heavy (non-hydrogen) atoms. The summed E-state index contributed by atoms with van der Waals surface area (Å²) in [6.45, 7) is 1.66. The van der Waals surface area contributed by atoms with Crippen LogP contribution in [0.25, 0.3) is 0 Å². The molecule has 10 heteroatoms. The van der Waals surface area contributed by atoms with Crippen LogP contribution in [0, 0.1) is 17.0 Å². The molecule has 1 aliphatic rings. The predicted molar refractivity (Wildman–Crippen MR) is 128 cm³/mol. The number of benzene rings is 2. The van der Waals surface area contributed by atoms with Gasteiger partial charge < -0.3 is 15.5 Å². The Balaban J connectivity index is 1.52. The number of amidine groups is 1. The van der Waals surface area contributed by atoms with Crippen LogP contribution in [-0.2, 0) is 0 Å². The number of nitrogens with zero attached hydrogens (tertiary/aromatic N) is 2. The Hall–Kier alpha value is -3.66. The fourth-order valence-electron chi connectivity index (χ4n) is 3.57. The van der Waals surface area contributed by atoms with E-state index in [0.717, 1.165) is 38.1 Å². The van der Waals surface area contributed by atoms with E-state index in [9.17, 15) is 18.4 Å². The van der Waals surface area contributed by atoms with E-state index in [1.807, 2.05) is 4.90 Å². The maximum Gasteiger partial charge on any atom is 0.259 e. The molecule has 2 amide bonds. The molecule has 0 saturated carbocycles. The average Bonchev–Trinajstić information content (AvgIpc) is 3.37. The minimum atomic E-state index is -1.23. The second-order valence-corrected chi connectivity index (χ2v) is 8.62. The quantitative estimate of drug-likeness (QED) is 0.319. The van der Waals surface area contributed by atoms with Crippen LogP contribution in [0.1, 0.15) is 39.1 Å². The Bertz CT molecular complexity index is 1240. The number of hydrogen-bond acceptors (Lipinski definition) is 4.